The van der Waals surface area contributed by atoms with E-state index in [1.165, 1.54) is 0 Å². The summed E-state index contributed by atoms with van der Waals surface area (Å²) in [6.07, 6.45) is 0. The molecule has 1 aliphatic rings. The van der Waals surface area contributed by atoms with Crippen molar-refractivity contribution in [2.24, 2.45) is 0 Å². The molecule has 0 bridgehead atoms. The highest BCUT2D eigenvalue weighted by molar-refractivity contribution is 5.55. The van der Waals surface area contributed by atoms with Gasteiger partial charge in [-0.05, 0) is 40.1 Å². The number of nitrogens with zero attached hydrogens (tertiary/aromatic N) is 2. The van der Waals surface area contributed by atoms with Gasteiger partial charge < -0.3 is 10.2 Å². The van der Waals surface area contributed by atoms with Crippen molar-refractivity contribution in [3.63, 3.8) is 0 Å². The quantitative estimate of drug-likeness (QED) is 0.902. The zero-order chi connectivity index (χ0) is 14.0. The highest BCUT2D eigenvalue weighted by atomic mass is 19.1. The minimum atomic E-state index is -0.119. The second-order valence-electron chi connectivity index (χ2n) is 5.54. The molecule has 2 atom stereocenters. The highest BCUT2D eigenvalue weighted by Gasteiger charge is 2.28. The first-order valence-electron chi connectivity index (χ1n) is 6.93. The molecule has 4 heteroatoms. The van der Waals surface area contributed by atoms with Gasteiger partial charge in [-0.15, -0.1) is 0 Å². The molecule has 0 spiro atoms. The summed E-state index contributed by atoms with van der Waals surface area (Å²) < 4.78 is 14.0. The maximum Gasteiger partial charge on any atom is 0.129 e. The van der Waals surface area contributed by atoms with Crippen LogP contribution >= 0.6 is 0 Å². The number of likely N-dealkylation sites (N-methyl/N-ethyl adjacent to an activating group) is 1. The van der Waals surface area contributed by atoms with Crippen LogP contribution in [0.3, 0.4) is 0 Å². The molecule has 1 heterocycles. The number of halogens is 1. The smallest absolute Gasteiger partial charge is 0.129 e. The molecule has 1 aromatic carbocycles. The first-order chi connectivity index (χ1) is 9.04. The lowest BCUT2D eigenvalue weighted by Gasteiger charge is -2.44. The van der Waals surface area contributed by atoms with Crippen LogP contribution in [0, 0.1) is 5.82 Å². The topological polar surface area (TPSA) is 18.5 Å². The molecule has 0 amide bonds. The van der Waals surface area contributed by atoms with E-state index < -0.39 is 0 Å². The predicted molar refractivity (Wildman–Crippen MR) is 78.1 cm³/mol. The summed E-state index contributed by atoms with van der Waals surface area (Å²) in [5.74, 6) is -0.119. The van der Waals surface area contributed by atoms with Gasteiger partial charge in [0.05, 0.1) is 0 Å². The Morgan fingerprint density at radius 2 is 1.89 bits per heavy atom. The number of benzene rings is 1. The van der Waals surface area contributed by atoms with Crippen LogP contribution in [0.2, 0.25) is 0 Å². The average molecular weight is 265 g/mol. The van der Waals surface area contributed by atoms with Crippen LogP contribution in [-0.2, 0) is 6.54 Å². The van der Waals surface area contributed by atoms with E-state index in [1.807, 2.05) is 13.1 Å². The summed E-state index contributed by atoms with van der Waals surface area (Å²) >= 11 is 0. The lowest BCUT2D eigenvalue weighted by molar-refractivity contribution is 0.170. The first kappa shape index (κ1) is 14.3. The van der Waals surface area contributed by atoms with Crippen LogP contribution in [0.4, 0.5) is 10.1 Å². The monoisotopic (exact) mass is 265 g/mol. The third kappa shape index (κ3) is 2.90. The second kappa shape index (κ2) is 5.88. The summed E-state index contributed by atoms with van der Waals surface area (Å²) in [5, 5.41) is 3.06. The van der Waals surface area contributed by atoms with Crippen molar-refractivity contribution in [1.29, 1.82) is 0 Å². The Kier molecular flexibility index (Phi) is 4.42. The van der Waals surface area contributed by atoms with Crippen LogP contribution < -0.4 is 10.2 Å². The lowest BCUT2D eigenvalue weighted by Crippen LogP contribution is -2.55. The number of rotatable bonds is 3. The Bertz CT molecular complexity index is 423. The van der Waals surface area contributed by atoms with Gasteiger partial charge in [-0.2, -0.15) is 0 Å². The molecule has 1 aromatic rings. The molecular formula is C15H24FN3. The van der Waals surface area contributed by atoms with E-state index in [-0.39, 0.29) is 5.82 Å². The summed E-state index contributed by atoms with van der Waals surface area (Å²) in [4.78, 5) is 4.69. The van der Waals surface area contributed by atoms with E-state index in [9.17, 15) is 4.39 Å². The van der Waals surface area contributed by atoms with Crippen molar-refractivity contribution in [1.82, 2.24) is 10.2 Å². The van der Waals surface area contributed by atoms with Crippen LogP contribution in [0.5, 0.6) is 0 Å². The van der Waals surface area contributed by atoms with Crippen molar-refractivity contribution in [2.45, 2.75) is 32.5 Å². The third-order valence-corrected chi connectivity index (χ3v) is 4.15. The van der Waals surface area contributed by atoms with Crippen molar-refractivity contribution in [3.8, 4) is 0 Å². The maximum atomic E-state index is 14.0. The van der Waals surface area contributed by atoms with Gasteiger partial charge in [0, 0.05) is 43.0 Å². The van der Waals surface area contributed by atoms with Gasteiger partial charge in [-0.1, -0.05) is 6.07 Å². The SMILES string of the molecule is CNCc1c(F)cccc1N1CC(C)N(C)C(C)C1. The molecule has 2 unspecified atom stereocenters. The lowest BCUT2D eigenvalue weighted by atomic mass is 10.1. The summed E-state index contributed by atoms with van der Waals surface area (Å²) in [6, 6.07) is 6.33. The number of hydrogen-bond donors (Lipinski definition) is 1. The number of piperazine rings is 1. The van der Waals surface area contributed by atoms with Gasteiger partial charge in [0.25, 0.3) is 0 Å². The van der Waals surface area contributed by atoms with Gasteiger partial charge in [0.2, 0.25) is 0 Å². The Morgan fingerprint density at radius 3 is 2.47 bits per heavy atom. The van der Waals surface area contributed by atoms with Crippen molar-refractivity contribution in [3.05, 3.63) is 29.6 Å². The zero-order valence-electron chi connectivity index (χ0n) is 12.3. The van der Waals surface area contributed by atoms with Crippen LogP contribution in [-0.4, -0.2) is 44.2 Å². The van der Waals surface area contributed by atoms with Gasteiger partial charge in [0.1, 0.15) is 5.82 Å². The molecule has 0 aromatic heterocycles. The standard InChI is InChI=1S/C15H24FN3/c1-11-9-19(10-12(2)18(11)4)15-7-5-6-14(16)13(15)8-17-3/h5-7,11-12,17H,8-10H2,1-4H3. The predicted octanol–water partition coefficient (Wildman–Crippen LogP) is 2.07. The van der Waals surface area contributed by atoms with Crippen molar-refractivity contribution >= 4 is 5.69 Å². The summed E-state index contributed by atoms with van der Waals surface area (Å²) in [6.45, 7) is 6.90. The molecule has 3 nitrogen and oxygen atoms in total. The largest absolute Gasteiger partial charge is 0.368 e. The molecule has 106 valence electrons. The Morgan fingerprint density at radius 1 is 1.26 bits per heavy atom. The van der Waals surface area contributed by atoms with Crippen molar-refractivity contribution in [2.75, 3.05) is 32.1 Å². The molecule has 2 rings (SSSR count). The number of hydrogen-bond acceptors (Lipinski definition) is 3. The molecule has 1 N–H and O–H groups in total. The van der Waals surface area contributed by atoms with Gasteiger partial charge >= 0.3 is 0 Å². The third-order valence-electron chi connectivity index (χ3n) is 4.15. The van der Waals surface area contributed by atoms with Gasteiger partial charge in [-0.3, -0.25) is 4.90 Å². The van der Waals surface area contributed by atoms with E-state index in [1.54, 1.807) is 12.1 Å². The van der Waals surface area contributed by atoms with Gasteiger partial charge in [-0.25, -0.2) is 4.39 Å². The fraction of sp³-hybridized carbons (Fsp3) is 0.600. The molecule has 0 aliphatic carbocycles. The van der Waals surface area contributed by atoms with E-state index in [0.29, 0.717) is 18.6 Å². The molecule has 1 aliphatic heterocycles. The maximum absolute atomic E-state index is 14.0. The molecule has 0 saturated carbocycles. The molecule has 1 fully saturated rings. The van der Waals surface area contributed by atoms with Crippen molar-refractivity contribution < 1.29 is 4.39 Å². The fourth-order valence-electron chi connectivity index (χ4n) is 2.80. The molecule has 0 radical (unpaired) electrons. The van der Waals surface area contributed by atoms with Crippen LogP contribution in [0.15, 0.2) is 18.2 Å². The Hall–Kier alpha value is -1.13. The normalized spacial score (nSPS) is 24.8. The summed E-state index contributed by atoms with van der Waals surface area (Å²) in [7, 11) is 4.01. The second-order valence-corrected chi connectivity index (χ2v) is 5.54. The average Bonchev–Trinajstić information content (AvgIpc) is 2.38. The van der Waals surface area contributed by atoms with Crippen LogP contribution in [0.25, 0.3) is 0 Å². The molecular weight excluding hydrogens is 241 g/mol. The van der Waals surface area contributed by atoms with E-state index in [2.05, 4.69) is 36.0 Å². The van der Waals surface area contributed by atoms with E-state index in [4.69, 9.17) is 0 Å². The molecule has 1 saturated heterocycles. The Labute approximate surface area is 115 Å². The van der Waals surface area contributed by atoms with Crippen LogP contribution in [0.1, 0.15) is 19.4 Å². The minimum absolute atomic E-state index is 0.119. The van der Waals surface area contributed by atoms with E-state index in [0.717, 1.165) is 24.3 Å². The zero-order valence-corrected chi connectivity index (χ0v) is 12.3. The van der Waals surface area contributed by atoms with Gasteiger partial charge in [0.15, 0.2) is 0 Å². The summed E-state index contributed by atoms with van der Waals surface area (Å²) in [5.41, 5.74) is 1.80. The first-order valence-corrected chi connectivity index (χ1v) is 6.93. The van der Waals surface area contributed by atoms with E-state index >= 15 is 0 Å². The number of nitrogens with one attached hydrogen (secondary N) is 1. The fourth-order valence-corrected chi connectivity index (χ4v) is 2.80. The Balaban J connectivity index is 2.29. The minimum Gasteiger partial charge on any atom is -0.368 e. The number of anilines is 1. The molecule has 19 heavy (non-hydrogen) atoms. The highest BCUT2D eigenvalue weighted by Crippen LogP contribution is 2.27.